The maximum absolute atomic E-state index is 12.9. The van der Waals surface area contributed by atoms with Gasteiger partial charge >= 0.3 is 0 Å². The van der Waals surface area contributed by atoms with Gasteiger partial charge in [0.15, 0.2) is 0 Å². The number of amides is 2. The average molecular weight is 461 g/mol. The van der Waals surface area contributed by atoms with Crippen molar-refractivity contribution < 1.29 is 19.1 Å². The van der Waals surface area contributed by atoms with Crippen LogP contribution in [0.25, 0.3) is 11.3 Å². The fourth-order valence-electron chi connectivity index (χ4n) is 4.69. The van der Waals surface area contributed by atoms with Gasteiger partial charge in [0.05, 0.1) is 37.2 Å². The Balaban J connectivity index is 1.29. The summed E-state index contributed by atoms with van der Waals surface area (Å²) in [6.07, 6.45) is 3.44. The number of likely N-dealkylation sites (tertiary alicyclic amines) is 1. The van der Waals surface area contributed by atoms with Crippen molar-refractivity contribution in [2.45, 2.75) is 25.6 Å². The molecule has 8 nitrogen and oxygen atoms in total. The van der Waals surface area contributed by atoms with Gasteiger partial charge in [-0.15, -0.1) is 0 Å². The van der Waals surface area contributed by atoms with Crippen molar-refractivity contribution in [2.75, 3.05) is 19.7 Å². The summed E-state index contributed by atoms with van der Waals surface area (Å²) in [7, 11) is 1.89. The highest BCUT2D eigenvalue weighted by Crippen LogP contribution is 2.34. The molecule has 1 unspecified atom stereocenters. The third-order valence-electron chi connectivity index (χ3n) is 6.55. The van der Waals surface area contributed by atoms with Crippen LogP contribution in [0, 0.1) is 12.8 Å². The molecule has 2 N–H and O–H groups in total. The van der Waals surface area contributed by atoms with Crippen LogP contribution >= 0.6 is 0 Å². The first-order valence-electron chi connectivity index (χ1n) is 11.4. The largest absolute Gasteiger partial charge is 0.486 e. The number of fused-ring (bicyclic) bond motifs is 2. The number of piperidine rings is 1. The zero-order chi connectivity index (χ0) is 23.8. The number of ether oxygens (including phenoxy) is 2. The van der Waals surface area contributed by atoms with E-state index in [1.807, 2.05) is 60.0 Å². The number of aryl methyl sites for hydroxylation is 2. The molecule has 34 heavy (non-hydrogen) atoms. The lowest BCUT2D eigenvalue weighted by Crippen LogP contribution is -2.52. The fourth-order valence-corrected chi connectivity index (χ4v) is 4.69. The van der Waals surface area contributed by atoms with Gasteiger partial charge in [-0.2, -0.15) is 0 Å². The van der Waals surface area contributed by atoms with E-state index in [0.29, 0.717) is 37.4 Å². The summed E-state index contributed by atoms with van der Waals surface area (Å²) in [4.78, 5) is 31.3. The number of rotatable bonds is 6. The van der Waals surface area contributed by atoms with Crippen LogP contribution in [-0.2, 0) is 23.0 Å². The summed E-state index contributed by atoms with van der Waals surface area (Å²) >= 11 is 0. The second kappa shape index (κ2) is 8.95. The molecular weight excluding hydrogens is 432 g/mol. The third kappa shape index (κ3) is 4.41. The van der Waals surface area contributed by atoms with Gasteiger partial charge in [0, 0.05) is 31.3 Å². The van der Waals surface area contributed by atoms with Crippen molar-refractivity contribution in [2.24, 2.45) is 18.7 Å². The van der Waals surface area contributed by atoms with Gasteiger partial charge in [-0.3, -0.25) is 9.59 Å². The highest BCUT2D eigenvalue weighted by Gasteiger charge is 2.46. The molecule has 2 aromatic carbocycles. The van der Waals surface area contributed by atoms with Crippen molar-refractivity contribution in [1.29, 1.82) is 0 Å². The molecule has 2 amide bonds. The number of primary amides is 1. The number of nitrogens with zero attached hydrogens (tertiary/aromatic N) is 3. The maximum Gasteiger partial charge on any atom is 0.252 e. The minimum atomic E-state index is -0.563. The van der Waals surface area contributed by atoms with Gasteiger partial charge in [0.25, 0.3) is 5.91 Å². The predicted molar refractivity (Wildman–Crippen MR) is 126 cm³/mol. The molecule has 0 spiro atoms. The Morgan fingerprint density at radius 2 is 1.97 bits per heavy atom. The third-order valence-corrected chi connectivity index (χ3v) is 6.55. The van der Waals surface area contributed by atoms with Gasteiger partial charge in [-0.25, -0.2) is 4.98 Å². The zero-order valence-corrected chi connectivity index (χ0v) is 19.3. The standard InChI is InChI=1S/C26H28N4O4/c1-16-3-5-17(6-4-16)9-24(31)30-11-19-14-33-23(13-30)25(19)34-22-8-7-18(10-20(22)26(27)32)21-12-29(2)15-28-21/h3-8,10,12,15,19,23,25H,9,11,13-14H2,1-2H3,(H2,27,32)/t19-,23-,25?/m0/s1. The van der Waals surface area contributed by atoms with E-state index < -0.39 is 5.91 Å². The van der Waals surface area contributed by atoms with Crippen LogP contribution in [0.15, 0.2) is 55.0 Å². The Kier molecular flexibility index (Phi) is 5.83. The molecule has 1 aromatic heterocycles. The number of nitrogens with two attached hydrogens (primary N) is 1. The molecule has 0 saturated carbocycles. The Morgan fingerprint density at radius 3 is 2.65 bits per heavy atom. The van der Waals surface area contributed by atoms with Crippen LogP contribution in [0.4, 0.5) is 0 Å². The van der Waals surface area contributed by atoms with E-state index in [2.05, 4.69) is 4.98 Å². The number of hydrogen-bond donors (Lipinski definition) is 1. The summed E-state index contributed by atoms with van der Waals surface area (Å²) in [6, 6.07) is 13.4. The number of carbonyl (C=O) groups excluding carboxylic acids is 2. The molecule has 2 bridgehead atoms. The number of hydrogen-bond acceptors (Lipinski definition) is 5. The molecule has 5 rings (SSSR count). The summed E-state index contributed by atoms with van der Waals surface area (Å²) in [5.74, 6) is -0.0267. The van der Waals surface area contributed by atoms with Crippen LogP contribution in [-0.4, -0.2) is 58.2 Å². The minimum absolute atomic E-state index is 0.0249. The first kappa shape index (κ1) is 22.2. The van der Waals surface area contributed by atoms with Gasteiger partial charge in [0.2, 0.25) is 5.91 Å². The van der Waals surface area contributed by atoms with E-state index in [9.17, 15) is 9.59 Å². The van der Waals surface area contributed by atoms with Crippen molar-refractivity contribution in [3.8, 4) is 17.0 Å². The van der Waals surface area contributed by atoms with Crippen molar-refractivity contribution >= 4 is 11.8 Å². The first-order chi connectivity index (χ1) is 16.4. The maximum atomic E-state index is 12.9. The molecule has 2 aliphatic rings. The van der Waals surface area contributed by atoms with Crippen LogP contribution < -0.4 is 10.5 Å². The highest BCUT2D eigenvalue weighted by atomic mass is 16.6. The molecule has 176 valence electrons. The molecule has 2 aliphatic heterocycles. The number of benzene rings is 2. The number of carbonyl (C=O) groups is 2. The van der Waals surface area contributed by atoms with Crippen molar-refractivity contribution in [3.05, 3.63) is 71.7 Å². The molecule has 3 aromatic rings. The molecule has 2 fully saturated rings. The second-order valence-corrected chi connectivity index (χ2v) is 9.17. The first-order valence-corrected chi connectivity index (χ1v) is 11.4. The van der Waals surface area contributed by atoms with Gasteiger partial charge in [-0.1, -0.05) is 29.8 Å². The molecule has 8 heteroatoms. The smallest absolute Gasteiger partial charge is 0.252 e. The van der Waals surface area contributed by atoms with Gasteiger partial charge in [0.1, 0.15) is 18.0 Å². The van der Waals surface area contributed by atoms with Crippen LogP contribution in [0.1, 0.15) is 21.5 Å². The highest BCUT2D eigenvalue weighted by molar-refractivity contribution is 5.97. The Bertz CT molecular complexity index is 1210. The molecular formula is C26H28N4O4. The molecule has 2 saturated heterocycles. The molecule has 3 atom stereocenters. The van der Waals surface area contributed by atoms with Gasteiger partial charge < -0.3 is 24.7 Å². The zero-order valence-electron chi connectivity index (χ0n) is 19.3. The van der Waals surface area contributed by atoms with E-state index in [4.69, 9.17) is 15.2 Å². The second-order valence-electron chi connectivity index (χ2n) is 9.17. The quantitative estimate of drug-likeness (QED) is 0.609. The Hall–Kier alpha value is -3.65. The van der Waals surface area contributed by atoms with E-state index in [1.54, 1.807) is 18.5 Å². The lowest BCUT2D eigenvalue weighted by molar-refractivity contribution is -0.134. The summed E-state index contributed by atoms with van der Waals surface area (Å²) in [6.45, 7) is 3.57. The fraction of sp³-hybridized carbons (Fsp3) is 0.346. The van der Waals surface area contributed by atoms with Crippen molar-refractivity contribution in [3.63, 3.8) is 0 Å². The Morgan fingerprint density at radius 1 is 1.18 bits per heavy atom. The summed E-state index contributed by atoms with van der Waals surface area (Å²) in [5.41, 5.74) is 9.69. The Labute approximate surface area is 198 Å². The van der Waals surface area contributed by atoms with E-state index >= 15 is 0 Å². The number of imidazole rings is 1. The van der Waals surface area contributed by atoms with E-state index in [0.717, 1.165) is 16.8 Å². The summed E-state index contributed by atoms with van der Waals surface area (Å²) < 4.78 is 14.1. The molecule has 3 heterocycles. The summed E-state index contributed by atoms with van der Waals surface area (Å²) in [5, 5.41) is 0. The molecule has 0 aliphatic carbocycles. The van der Waals surface area contributed by atoms with Crippen LogP contribution in [0.3, 0.4) is 0 Å². The SMILES string of the molecule is Cc1ccc(CC(=O)N2C[C@H]3CO[C@@H](C2)C3Oc2ccc(-c3cn(C)cn3)cc2C(N)=O)cc1. The van der Waals surface area contributed by atoms with Crippen molar-refractivity contribution in [1.82, 2.24) is 14.5 Å². The monoisotopic (exact) mass is 460 g/mol. The average Bonchev–Trinajstić information content (AvgIpc) is 3.34. The minimum Gasteiger partial charge on any atom is -0.486 e. The van der Waals surface area contributed by atoms with E-state index in [-0.39, 0.29) is 24.0 Å². The van der Waals surface area contributed by atoms with Crippen LogP contribution in [0.2, 0.25) is 0 Å². The number of aromatic nitrogens is 2. The van der Waals surface area contributed by atoms with Crippen LogP contribution in [0.5, 0.6) is 5.75 Å². The lowest BCUT2D eigenvalue weighted by Gasteiger charge is -2.36. The predicted octanol–water partition coefficient (Wildman–Crippen LogP) is 2.34. The normalized spacial score (nSPS) is 21.5. The molecule has 0 radical (unpaired) electrons. The van der Waals surface area contributed by atoms with Gasteiger partial charge in [-0.05, 0) is 30.7 Å². The van der Waals surface area contributed by atoms with E-state index in [1.165, 1.54) is 5.56 Å². The topological polar surface area (TPSA) is 99.7 Å². The lowest BCUT2D eigenvalue weighted by atomic mass is 9.95.